The van der Waals surface area contributed by atoms with E-state index in [1.54, 1.807) is 6.92 Å². The molecule has 1 aliphatic heterocycles. The first-order chi connectivity index (χ1) is 11.2. The number of piperidine rings is 1. The first-order valence-corrected chi connectivity index (χ1v) is 8.63. The van der Waals surface area contributed by atoms with Crippen LogP contribution in [0.3, 0.4) is 0 Å². The van der Waals surface area contributed by atoms with Crippen LogP contribution in [0.25, 0.3) is 0 Å². The second kappa shape index (κ2) is 9.06. The monoisotopic (exact) mass is 340 g/mol. The van der Waals surface area contributed by atoms with Gasteiger partial charge in [0.05, 0.1) is 7.11 Å². The van der Waals surface area contributed by atoms with E-state index in [-0.39, 0.29) is 24.1 Å². The lowest BCUT2D eigenvalue weighted by Gasteiger charge is -2.42. The fourth-order valence-corrected chi connectivity index (χ4v) is 2.98. The molecule has 6 nitrogen and oxygen atoms in total. The highest BCUT2D eigenvalue weighted by atomic mass is 16.6. The number of methoxy groups -OCH3 is 1. The van der Waals surface area contributed by atoms with E-state index in [0.29, 0.717) is 6.54 Å². The van der Waals surface area contributed by atoms with Crippen LogP contribution >= 0.6 is 0 Å². The molecule has 0 saturated carbocycles. The van der Waals surface area contributed by atoms with Crippen molar-refractivity contribution in [3.63, 3.8) is 0 Å². The summed E-state index contributed by atoms with van der Waals surface area (Å²) in [6.07, 6.45) is 5.14. The molecule has 1 rings (SSSR count). The molecular formula is C18H32N2O4. The molecule has 1 heterocycles. The zero-order valence-corrected chi connectivity index (χ0v) is 15.6. The summed E-state index contributed by atoms with van der Waals surface area (Å²) in [5, 5.41) is 3.16. The van der Waals surface area contributed by atoms with Gasteiger partial charge in [-0.2, -0.15) is 0 Å². The molecule has 1 aliphatic rings. The fraction of sp³-hybridized carbons (Fsp3) is 0.778. The highest BCUT2D eigenvalue weighted by molar-refractivity contribution is 5.75. The molecule has 1 N–H and O–H groups in total. The van der Waals surface area contributed by atoms with Crippen LogP contribution in [0.1, 0.15) is 53.4 Å². The van der Waals surface area contributed by atoms with E-state index in [1.165, 1.54) is 7.11 Å². The summed E-state index contributed by atoms with van der Waals surface area (Å²) in [4.78, 5) is 26.1. The van der Waals surface area contributed by atoms with Crippen molar-refractivity contribution in [2.75, 3.05) is 13.7 Å². The topological polar surface area (TPSA) is 67.9 Å². The second-order valence-corrected chi connectivity index (χ2v) is 7.30. The number of nitrogens with zero attached hydrogens (tertiary/aromatic N) is 1. The summed E-state index contributed by atoms with van der Waals surface area (Å²) in [5.41, 5.74) is -0.537. The number of ether oxygens (including phenoxy) is 2. The van der Waals surface area contributed by atoms with E-state index in [0.717, 1.165) is 25.7 Å². The molecule has 138 valence electrons. The molecule has 1 saturated heterocycles. The molecule has 24 heavy (non-hydrogen) atoms. The van der Waals surface area contributed by atoms with Crippen molar-refractivity contribution in [2.24, 2.45) is 0 Å². The maximum absolute atomic E-state index is 12.7. The van der Waals surface area contributed by atoms with Crippen LogP contribution in [-0.2, 0) is 14.3 Å². The van der Waals surface area contributed by atoms with Crippen molar-refractivity contribution in [2.45, 2.75) is 77.1 Å². The van der Waals surface area contributed by atoms with Gasteiger partial charge in [0.1, 0.15) is 11.6 Å². The van der Waals surface area contributed by atoms with Crippen LogP contribution in [0.4, 0.5) is 4.79 Å². The third-order valence-electron chi connectivity index (χ3n) is 4.12. The molecule has 0 radical (unpaired) electrons. The third kappa shape index (κ3) is 6.15. The normalized spacial score (nSPS) is 22.6. The molecule has 0 bridgehead atoms. The lowest BCUT2D eigenvalue weighted by atomic mass is 9.93. The number of hydrogen-bond acceptors (Lipinski definition) is 5. The van der Waals surface area contributed by atoms with Gasteiger partial charge in [-0.05, 0) is 53.4 Å². The van der Waals surface area contributed by atoms with Gasteiger partial charge >= 0.3 is 12.1 Å². The molecule has 0 aromatic carbocycles. The molecule has 3 atom stereocenters. The van der Waals surface area contributed by atoms with Gasteiger partial charge in [0, 0.05) is 18.6 Å². The summed E-state index contributed by atoms with van der Waals surface area (Å²) in [7, 11) is 1.37. The number of rotatable bonds is 6. The zero-order valence-electron chi connectivity index (χ0n) is 15.6. The first-order valence-electron chi connectivity index (χ1n) is 8.63. The van der Waals surface area contributed by atoms with E-state index >= 15 is 0 Å². The molecular weight excluding hydrogens is 308 g/mol. The Balaban J connectivity index is 2.82. The van der Waals surface area contributed by atoms with Crippen molar-refractivity contribution >= 4 is 12.1 Å². The number of carbonyl (C=O) groups excluding carboxylic acids is 2. The van der Waals surface area contributed by atoms with Gasteiger partial charge in [0.25, 0.3) is 0 Å². The van der Waals surface area contributed by atoms with E-state index < -0.39 is 11.6 Å². The molecule has 0 aromatic rings. The van der Waals surface area contributed by atoms with Gasteiger partial charge in [-0.25, -0.2) is 4.79 Å². The Labute approximate surface area is 145 Å². The van der Waals surface area contributed by atoms with Crippen molar-refractivity contribution in [1.29, 1.82) is 0 Å². The lowest BCUT2D eigenvalue weighted by molar-refractivity contribution is -0.142. The molecule has 1 amide bonds. The average molecular weight is 340 g/mol. The van der Waals surface area contributed by atoms with Crippen molar-refractivity contribution in [1.82, 2.24) is 10.2 Å². The van der Waals surface area contributed by atoms with E-state index in [2.05, 4.69) is 11.9 Å². The summed E-state index contributed by atoms with van der Waals surface area (Å²) in [6, 6.07) is -0.327. The molecule has 1 fully saturated rings. The molecule has 0 spiro atoms. The zero-order chi connectivity index (χ0) is 18.3. The van der Waals surface area contributed by atoms with Gasteiger partial charge in [0.2, 0.25) is 0 Å². The van der Waals surface area contributed by atoms with Crippen molar-refractivity contribution < 1.29 is 19.1 Å². The van der Waals surface area contributed by atoms with Gasteiger partial charge in [-0.1, -0.05) is 6.08 Å². The van der Waals surface area contributed by atoms with Crippen molar-refractivity contribution in [3.05, 3.63) is 12.7 Å². The van der Waals surface area contributed by atoms with Crippen molar-refractivity contribution in [3.8, 4) is 0 Å². The van der Waals surface area contributed by atoms with E-state index in [1.807, 2.05) is 31.7 Å². The smallest absolute Gasteiger partial charge is 0.410 e. The van der Waals surface area contributed by atoms with Crippen LogP contribution in [0, 0.1) is 0 Å². The Morgan fingerprint density at radius 3 is 2.50 bits per heavy atom. The number of hydrogen-bond donors (Lipinski definition) is 1. The first kappa shape index (κ1) is 20.5. The predicted molar refractivity (Wildman–Crippen MR) is 93.8 cm³/mol. The number of amides is 1. The van der Waals surface area contributed by atoms with Crippen LogP contribution in [0.2, 0.25) is 0 Å². The summed E-state index contributed by atoms with van der Waals surface area (Å²) < 4.78 is 10.3. The molecule has 0 aromatic heterocycles. The highest BCUT2D eigenvalue weighted by Gasteiger charge is 2.36. The fourth-order valence-electron chi connectivity index (χ4n) is 2.98. The van der Waals surface area contributed by atoms with E-state index in [4.69, 9.17) is 9.47 Å². The minimum absolute atomic E-state index is 0.00865. The minimum atomic E-state index is -0.537. The third-order valence-corrected chi connectivity index (χ3v) is 4.12. The predicted octanol–water partition coefficient (Wildman–Crippen LogP) is 2.87. The Kier molecular flexibility index (Phi) is 7.73. The molecule has 0 aliphatic carbocycles. The van der Waals surface area contributed by atoms with Gasteiger partial charge < -0.3 is 19.7 Å². The van der Waals surface area contributed by atoms with Crippen LogP contribution in [-0.4, -0.2) is 54.3 Å². The van der Waals surface area contributed by atoms with Crippen LogP contribution in [0.5, 0.6) is 0 Å². The minimum Gasteiger partial charge on any atom is -0.468 e. The highest BCUT2D eigenvalue weighted by Crippen LogP contribution is 2.27. The Morgan fingerprint density at radius 2 is 1.96 bits per heavy atom. The Hall–Kier alpha value is -1.56. The number of nitrogens with one attached hydrogen (secondary N) is 1. The summed E-state index contributed by atoms with van der Waals surface area (Å²) in [6.45, 7) is 11.7. The standard InChI is InChI=1S/C18H32N2O4/c1-7-9-14-10-8-11-15(12-19-13(2)16(21)23-6)20(14)17(22)24-18(3,4)5/h7,13-15,19H,1,8-12H2,2-6H3/t13-,14?,15+/m0/s1. The summed E-state index contributed by atoms with van der Waals surface area (Å²) >= 11 is 0. The van der Waals surface area contributed by atoms with Crippen LogP contribution < -0.4 is 5.32 Å². The number of carbonyl (C=O) groups is 2. The second-order valence-electron chi connectivity index (χ2n) is 7.30. The largest absolute Gasteiger partial charge is 0.468 e. The van der Waals surface area contributed by atoms with Crippen LogP contribution in [0.15, 0.2) is 12.7 Å². The number of likely N-dealkylation sites (tertiary alicyclic amines) is 1. The van der Waals surface area contributed by atoms with Gasteiger partial charge in [-0.3, -0.25) is 4.79 Å². The summed E-state index contributed by atoms with van der Waals surface area (Å²) in [5.74, 6) is -0.308. The maximum Gasteiger partial charge on any atom is 0.410 e. The van der Waals surface area contributed by atoms with Gasteiger partial charge in [0.15, 0.2) is 0 Å². The van der Waals surface area contributed by atoms with Gasteiger partial charge in [-0.15, -0.1) is 6.58 Å². The molecule has 1 unspecified atom stereocenters. The Morgan fingerprint density at radius 1 is 1.33 bits per heavy atom. The average Bonchev–Trinajstić information content (AvgIpc) is 2.50. The van der Waals surface area contributed by atoms with E-state index in [9.17, 15) is 9.59 Å². The maximum atomic E-state index is 12.7. The molecule has 6 heteroatoms. The lowest BCUT2D eigenvalue weighted by Crippen LogP contribution is -2.55. The quantitative estimate of drug-likeness (QED) is 0.595. The Bertz CT molecular complexity index is 445. The number of esters is 1. The SMILES string of the molecule is C=CCC1CCC[C@H](CN[C@@H](C)C(=O)OC)N1C(=O)OC(C)(C)C.